The minimum Gasteiger partial charge on any atom is -0.366 e. The smallest absolute Gasteiger partial charge is 0.272 e. The van der Waals surface area contributed by atoms with Gasteiger partial charge < -0.3 is 16.0 Å². The number of rotatable bonds is 4. The third-order valence-corrected chi connectivity index (χ3v) is 3.44. The number of H-pyrrole nitrogens is 1. The molecule has 0 fully saturated rings. The lowest BCUT2D eigenvalue weighted by Gasteiger charge is -2.05. The van der Waals surface area contributed by atoms with Gasteiger partial charge in [-0.1, -0.05) is 0 Å². The van der Waals surface area contributed by atoms with Gasteiger partial charge in [0.15, 0.2) is 5.78 Å². The highest BCUT2D eigenvalue weighted by atomic mass is 16.2. The Morgan fingerprint density at radius 2 is 1.68 bits per heavy atom. The summed E-state index contributed by atoms with van der Waals surface area (Å²) in [5.74, 6) is -0.962. The van der Waals surface area contributed by atoms with E-state index in [0.717, 1.165) is 0 Å². The van der Waals surface area contributed by atoms with Gasteiger partial charge in [-0.2, -0.15) is 0 Å². The number of anilines is 1. The zero-order chi connectivity index (χ0) is 16.4. The number of primary amides is 1. The number of hydrogen-bond acceptors (Lipinski definition) is 3. The number of hydrogen-bond donors (Lipinski definition) is 3. The fourth-order valence-corrected chi connectivity index (χ4v) is 2.42. The Kier molecular flexibility index (Phi) is 4.12. The number of amides is 2. The maximum Gasteiger partial charge on any atom is 0.272 e. The van der Waals surface area contributed by atoms with E-state index >= 15 is 0 Å². The molecule has 0 saturated carbocycles. The van der Waals surface area contributed by atoms with Gasteiger partial charge in [-0.3, -0.25) is 14.4 Å². The zero-order valence-electron chi connectivity index (χ0n) is 12.6. The molecule has 0 unspecified atom stereocenters. The Bertz CT molecular complexity index is 758. The van der Waals surface area contributed by atoms with E-state index in [9.17, 15) is 14.4 Å². The van der Waals surface area contributed by atoms with Gasteiger partial charge in [-0.15, -0.1) is 0 Å². The van der Waals surface area contributed by atoms with Crippen LogP contribution in [-0.4, -0.2) is 22.6 Å². The van der Waals surface area contributed by atoms with Crippen molar-refractivity contribution in [3.63, 3.8) is 0 Å². The molecule has 2 rings (SSSR count). The zero-order valence-corrected chi connectivity index (χ0v) is 12.6. The number of ketones is 1. The number of nitrogens with two attached hydrogens (primary N) is 1. The topological polar surface area (TPSA) is 105 Å². The second kappa shape index (κ2) is 5.85. The molecule has 6 heteroatoms. The first-order valence-corrected chi connectivity index (χ1v) is 6.72. The molecule has 6 nitrogen and oxygen atoms in total. The summed E-state index contributed by atoms with van der Waals surface area (Å²) in [4.78, 5) is 37.8. The van der Waals surface area contributed by atoms with Crippen molar-refractivity contribution in [2.75, 3.05) is 5.32 Å². The normalized spacial score (nSPS) is 10.3. The van der Waals surface area contributed by atoms with Crippen molar-refractivity contribution in [3.8, 4) is 0 Å². The van der Waals surface area contributed by atoms with Gasteiger partial charge in [-0.05, 0) is 50.6 Å². The molecule has 2 aromatic rings. The summed E-state index contributed by atoms with van der Waals surface area (Å²) >= 11 is 0. The molecule has 114 valence electrons. The monoisotopic (exact) mass is 299 g/mol. The van der Waals surface area contributed by atoms with Crippen LogP contribution in [-0.2, 0) is 0 Å². The summed E-state index contributed by atoms with van der Waals surface area (Å²) in [6.07, 6.45) is 0. The fraction of sp³-hybridized carbons (Fsp3) is 0.188. The number of carbonyl (C=O) groups is 3. The van der Waals surface area contributed by atoms with E-state index in [-0.39, 0.29) is 11.7 Å². The molecule has 0 aliphatic carbocycles. The number of aromatic nitrogens is 1. The summed E-state index contributed by atoms with van der Waals surface area (Å²) in [6, 6.07) is 6.25. The largest absolute Gasteiger partial charge is 0.366 e. The lowest BCUT2D eigenvalue weighted by molar-refractivity contribution is 0.0995. The number of carbonyl (C=O) groups excluding carboxylic acids is 3. The minimum absolute atomic E-state index is 0.0869. The molecule has 0 aliphatic heterocycles. The summed E-state index contributed by atoms with van der Waals surface area (Å²) in [5.41, 5.74) is 8.23. The predicted molar refractivity (Wildman–Crippen MR) is 83.2 cm³/mol. The van der Waals surface area contributed by atoms with Crippen molar-refractivity contribution in [3.05, 3.63) is 52.3 Å². The number of aromatic amines is 1. The molecule has 1 aromatic carbocycles. The summed E-state index contributed by atoms with van der Waals surface area (Å²) in [7, 11) is 0. The maximum atomic E-state index is 12.3. The SMILES string of the molecule is CC(=O)c1c(C)[nH]c(C(=O)Nc2ccc(C(N)=O)cc2)c1C. The summed E-state index contributed by atoms with van der Waals surface area (Å²) in [5, 5.41) is 2.71. The lowest BCUT2D eigenvalue weighted by atomic mass is 10.1. The Morgan fingerprint density at radius 1 is 1.09 bits per heavy atom. The average Bonchev–Trinajstić information content (AvgIpc) is 2.74. The number of aryl methyl sites for hydroxylation is 1. The van der Waals surface area contributed by atoms with Crippen LogP contribution in [0.25, 0.3) is 0 Å². The van der Waals surface area contributed by atoms with Gasteiger partial charge in [0.1, 0.15) is 5.69 Å². The Hall–Kier alpha value is -2.89. The van der Waals surface area contributed by atoms with Crippen LogP contribution < -0.4 is 11.1 Å². The first-order valence-electron chi connectivity index (χ1n) is 6.72. The van der Waals surface area contributed by atoms with Crippen molar-refractivity contribution in [2.24, 2.45) is 5.73 Å². The average molecular weight is 299 g/mol. The van der Waals surface area contributed by atoms with E-state index in [1.165, 1.54) is 19.1 Å². The van der Waals surface area contributed by atoms with Crippen LogP contribution >= 0.6 is 0 Å². The summed E-state index contributed by atoms with van der Waals surface area (Å²) < 4.78 is 0. The maximum absolute atomic E-state index is 12.3. The van der Waals surface area contributed by atoms with Gasteiger partial charge in [-0.25, -0.2) is 0 Å². The second-order valence-electron chi connectivity index (χ2n) is 5.08. The Morgan fingerprint density at radius 3 is 2.14 bits per heavy atom. The summed E-state index contributed by atoms with van der Waals surface area (Å²) in [6.45, 7) is 4.95. The van der Waals surface area contributed by atoms with Gasteiger partial charge in [0.05, 0.1) is 0 Å². The number of nitrogens with one attached hydrogen (secondary N) is 2. The highest BCUT2D eigenvalue weighted by molar-refractivity contribution is 6.07. The van der Waals surface area contributed by atoms with Gasteiger partial charge >= 0.3 is 0 Å². The predicted octanol–water partition coefficient (Wildman–Crippen LogP) is 2.19. The van der Waals surface area contributed by atoms with Crippen molar-refractivity contribution < 1.29 is 14.4 Å². The Balaban J connectivity index is 2.24. The van der Waals surface area contributed by atoms with E-state index < -0.39 is 5.91 Å². The molecular weight excluding hydrogens is 282 g/mol. The van der Waals surface area contributed by atoms with Crippen LogP contribution in [0.15, 0.2) is 24.3 Å². The van der Waals surface area contributed by atoms with Crippen LogP contribution in [0.5, 0.6) is 0 Å². The fourth-order valence-electron chi connectivity index (χ4n) is 2.42. The third kappa shape index (κ3) is 2.90. The molecule has 0 bridgehead atoms. The lowest BCUT2D eigenvalue weighted by Crippen LogP contribution is -2.14. The number of Topliss-reactive ketones (excluding diaryl/α,β-unsaturated/α-hetero) is 1. The van der Waals surface area contributed by atoms with Crippen molar-refractivity contribution in [2.45, 2.75) is 20.8 Å². The molecule has 22 heavy (non-hydrogen) atoms. The van der Waals surface area contributed by atoms with E-state index in [4.69, 9.17) is 5.73 Å². The Labute approximate surface area is 127 Å². The van der Waals surface area contributed by atoms with E-state index in [1.807, 2.05) is 0 Å². The molecule has 2 amide bonds. The third-order valence-electron chi connectivity index (χ3n) is 3.44. The van der Waals surface area contributed by atoms with Crippen molar-refractivity contribution in [1.82, 2.24) is 4.98 Å². The second-order valence-corrected chi connectivity index (χ2v) is 5.08. The van der Waals surface area contributed by atoms with Crippen LogP contribution in [0, 0.1) is 13.8 Å². The molecule has 4 N–H and O–H groups in total. The molecule has 0 radical (unpaired) electrons. The highest BCUT2D eigenvalue weighted by Crippen LogP contribution is 2.20. The molecule has 1 heterocycles. The highest BCUT2D eigenvalue weighted by Gasteiger charge is 2.19. The number of benzene rings is 1. The van der Waals surface area contributed by atoms with Gasteiger partial charge in [0.2, 0.25) is 5.91 Å². The molecule has 0 aliphatic rings. The van der Waals surface area contributed by atoms with Gasteiger partial charge in [0.25, 0.3) is 5.91 Å². The molecule has 0 spiro atoms. The molecule has 0 saturated heterocycles. The van der Waals surface area contributed by atoms with Crippen LogP contribution in [0.3, 0.4) is 0 Å². The van der Waals surface area contributed by atoms with E-state index in [1.54, 1.807) is 26.0 Å². The standard InChI is InChI=1S/C16H17N3O3/c1-8-13(10(3)20)9(2)18-14(8)16(22)19-12-6-4-11(5-7-12)15(17)21/h4-7,18H,1-3H3,(H2,17,21)(H,19,22). The van der Waals surface area contributed by atoms with Crippen LogP contribution in [0.1, 0.15) is 49.4 Å². The first kappa shape index (κ1) is 15.5. The molecule has 0 atom stereocenters. The van der Waals surface area contributed by atoms with Gasteiger partial charge in [0, 0.05) is 22.5 Å². The molecular formula is C16H17N3O3. The van der Waals surface area contributed by atoms with Crippen molar-refractivity contribution in [1.29, 1.82) is 0 Å². The minimum atomic E-state index is -0.528. The van der Waals surface area contributed by atoms with Crippen LogP contribution in [0.4, 0.5) is 5.69 Å². The van der Waals surface area contributed by atoms with Crippen molar-refractivity contribution >= 4 is 23.3 Å². The van der Waals surface area contributed by atoms with Crippen LogP contribution in [0.2, 0.25) is 0 Å². The van der Waals surface area contributed by atoms with E-state index in [2.05, 4.69) is 10.3 Å². The quantitative estimate of drug-likeness (QED) is 0.753. The molecule has 1 aromatic heterocycles. The first-order chi connectivity index (χ1) is 10.3. The van der Waals surface area contributed by atoms with E-state index in [0.29, 0.717) is 33.8 Å².